The molecule has 5 aliphatic rings. The summed E-state index contributed by atoms with van der Waals surface area (Å²) >= 11 is 0. The Labute approximate surface area is 211 Å². The average Bonchev–Trinajstić information content (AvgIpc) is 2.93. The van der Waals surface area contributed by atoms with Gasteiger partial charge in [0.05, 0.1) is 17.2 Å². The largest absolute Gasteiger partial charge is 0.455 e. The number of hydrogen-bond donors (Lipinski definition) is 0. The van der Waals surface area contributed by atoms with Gasteiger partial charge in [0.1, 0.15) is 24.6 Å². The van der Waals surface area contributed by atoms with Crippen LogP contribution in [0.3, 0.4) is 0 Å². The molecule has 0 unspecified atom stereocenters. The summed E-state index contributed by atoms with van der Waals surface area (Å²) < 4.78 is 9.68. The van der Waals surface area contributed by atoms with Gasteiger partial charge in [-0.05, 0) is 62.3 Å². The highest BCUT2D eigenvalue weighted by Gasteiger charge is 2.35. The van der Waals surface area contributed by atoms with E-state index in [1.54, 1.807) is 0 Å². The third-order valence-electron chi connectivity index (χ3n) is 9.00. The Morgan fingerprint density at radius 1 is 0.806 bits per heavy atom. The summed E-state index contributed by atoms with van der Waals surface area (Å²) in [4.78, 5) is 2.60. The lowest BCUT2D eigenvalue weighted by Gasteiger charge is -2.39. The molecule has 0 spiro atoms. The van der Waals surface area contributed by atoms with Gasteiger partial charge in [0.25, 0.3) is 0 Å². The van der Waals surface area contributed by atoms with Crippen LogP contribution in [0.15, 0.2) is 36.4 Å². The fraction of sp³-hybridized carbons (Fsp3) is 0.375. The maximum Gasteiger partial charge on any atom is 0.210 e. The standard InChI is InChI=1S/C32H30N3O/c33-19-22-7-1-2-10-23(22)28-26-17-20-8-3-13-34-15-5-11-24(29(20)34)31(26)36-32-25-12-6-16-35-14-4-9-21(30(25)35)18-27(28)32/h1-2,7,10,17-18H,3-6,8-9,11-16H2/q+1. The molecule has 36 heavy (non-hydrogen) atoms. The summed E-state index contributed by atoms with van der Waals surface area (Å²) in [5, 5.41) is 12.7. The maximum absolute atomic E-state index is 10.1. The minimum Gasteiger partial charge on any atom is -0.455 e. The van der Waals surface area contributed by atoms with Crippen molar-refractivity contribution in [3.63, 3.8) is 0 Å². The molecule has 3 aromatic carbocycles. The second kappa shape index (κ2) is 7.71. The number of fused-ring (bicyclic) bond motifs is 4. The minimum absolute atomic E-state index is 0.743. The predicted octanol–water partition coefficient (Wildman–Crippen LogP) is 3.99. The number of aryl methyl sites for hydroxylation is 2. The highest BCUT2D eigenvalue weighted by molar-refractivity contribution is 5.90. The molecule has 5 aliphatic heterocycles. The van der Waals surface area contributed by atoms with Gasteiger partial charge >= 0.3 is 0 Å². The Hall–Kier alpha value is -3.58. The van der Waals surface area contributed by atoms with E-state index in [4.69, 9.17) is 4.74 Å². The van der Waals surface area contributed by atoms with Crippen LogP contribution in [0.5, 0.6) is 11.5 Å². The smallest absolute Gasteiger partial charge is 0.210 e. The summed E-state index contributed by atoms with van der Waals surface area (Å²) in [5.41, 5.74) is 11.3. The van der Waals surface area contributed by atoms with E-state index >= 15 is 0 Å². The van der Waals surface area contributed by atoms with Gasteiger partial charge in [0, 0.05) is 64.7 Å². The fourth-order valence-corrected chi connectivity index (χ4v) is 7.60. The summed E-state index contributed by atoms with van der Waals surface area (Å²) in [6.07, 6.45) is 9.14. The van der Waals surface area contributed by atoms with Crippen molar-refractivity contribution >= 4 is 11.3 Å². The van der Waals surface area contributed by atoms with Crippen LogP contribution in [0.4, 0.5) is 5.69 Å². The molecule has 0 aromatic heterocycles. The van der Waals surface area contributed by atoms with Gasteiger partial charge in [-0.3, -0.25) is 0 Å². The van der Waals surface area contributed by atoms with Crippen LogP contribution in [0, 0.1) is 11.3 Å². The van der Waals surface area contributed by atoms with Gasteiger partial charge in [-0.2, -0.15) is 5.26 Å². The Balaban J connectivity index is 1.55. The SMILES string of the molecule is N#Cc1ccccc1C1=c2cc3c4c(c2Oc2c1cc1c5c2CCCN5CCC1)CCC[N+]=4CCC3. The van der Waals surface area contributed by atoms with Crippen LogP contribution < -0.4 is 24.8 Å². The van der Waals surface area contributed by atoms with E-state index in [0.717, 1.165) is 74.5 Å². The van der Waals surface area contributed by atoms with E-state index < -0.39 is 0 Å². The quantitative estimate of drug-likeness (QED) is 0.393. The van der Waals surface area contributed by atoms with E-state index in [-0.39, 0.29) is 0 Å². The van der Waals surface area contributed by atoms with Gasteiger partial charge in [-0.15, -0.1) is 0 Å². The van der Waals surface area contributed by atoms with E-state index in [1.807, 2.05) is 12.1 Å². The van der Waals surface area contributed by atoms with Crippen molar-refractivity contribution in [2.75, 3.05) is 31.1 Å². The normalized spacial score (nSPS) is 18.9. The van der Waals surface area contributed by atoms with Crippen molar-refractivity contribution in [3.8, 4) is 17.6 Å². The summed E-state index contributed by atoms with van der Waals surface area (Å²) in [5.74, 6) is 2.11. The molecule has 0 aliphatic carbocycles. The number of nitriles is 1. The molecule has 0 bridgehead atoms. The highest BCUT2D eigenvalue weighted by Crippen LogP contribution is 2.48. The first-order valence-corrected chi connectivity index (χ1v) is 13.7. The summed E-state index contributed by atoms with van der Waals surface area (Å²) in [6, 6.07) is 15.5. The van der Waals surface area contributed by atoms with E-state index in [2.05, 4.69) is 39.8 Å². The van der Waals surface area contributed by atoms with Gasteiger partial charge < -0.3 is 9.64 Å². The van der Waals surface area contributed by atoms with Crippen LogP contribution in [-0.2, 0) is 25.7 Å². The van der Waals surface area contributed by atoms with Gasteiger partial charge in [-0.1, -0.05) is 18.2 Å². The molecule has 0 saturated heterocycles. The predicted molar refractivity (Wildman–Crippen MR) is 141 cm³/mol. The van der Waals surface area contributed by atoms with E-state index in [1.165, 1.54) is 75.3 Å². The lowest BCUT2D eigenvalue weighted by Crippen LogP contribution is -2.45. The molecular formula is C32H30N3O+. The molecule has 0 radical (unpaired) electrons. The van der Waals surface area contributed by atoms with Crippen molar-refractivity contribution in [1.29, 1.82) is 5.26 Å². The first-order chi connectivity index (χ1) is 17.8. The molecule has 0 N–H and O–H groups in total. The minimum atomic E-state index is 0.743. The number of hydrogen-bond acceptors (Lipinski definition) is 3. The lowest BCUT2D eigenvalue weighted by atomic mass is 9.82. The maximum atomic E-state index is 10.1. The topological polar surface area (TPSA) is 39.3 Å². The zero-order valence-corrected chi connectivity index (χ0v) is 20.7. The Morgan fingerprint density at radius 2 is 1.58 bits per heavy atom. The van der Waals surface area contributed by atoms with Crippen LogP contribution in [0.2, 0.25) is 0 Å². The molecule has 178 valence electrons. The zero-order chi connectivity index (χ0) is 23.8. The van der Waals surface area contributed by atoms with E-state index in [9.17, 15) is 5.26 Å². The monoisotopic (exact) mass is 472 g/mol. The number of benzene rings is 3. The van der Waals surface area contributed by atoms with Crippen molar-refractivity contribution in [1.82, 2.24) is 4.58 Å². The summed E-state index contributed by atoms with van der Waals surface area (Å²) in [7, 11) is 0. The number of rotatable bonds is 1. The van der Waals surface area contributed by atoms with Crippen molar-refractivity contribution < 1.29 is 4.74 Å². The molecule has 4 heteroatoms. The lowest BCUT2D eigenvalue weighted by molar-refractivity contribution is 0.431. The zero-order valence-electron chi connectivity index (χ0n) is 20.7. The van der Waals surface area contributed by atoms with Crippen LogP contribution in [0.25, 0.3) is 5.57 Å². The molecule has 8 rings (SSSR count). The number of anilines is 1. The van der Waals surface area contributed by atoms with Gasteiger partial charge in [0.15, 0.2) is 0 Å². The third kappa shape index (κ3) is 2.77. The van der Waals surface area contributed by atoms with Crippen LogP contribution >= 0.6 is 0 Å². The second-order valence-electron chi connectivity index (χ2n) is 11.0. The molecule has 0 atom stereocenters. The molecule has 0 amide bonds. The molecule has 0 saturated carbocycles. The second-order valence-corrected chi connectivity index (χ2v) is 11.0. The average molecular weight is 473 g/mol. The summed E-state index contributed by atoms with van der Waals surface area (Å²) in [6.45, 7) is 4.60. The molecule has 5 heterocycles. The fourth-order valence-electron chi connectivity index (χ4n) is 7.60. The van der Waals surface area contributed by atoms with Crippen LogP contribution in [0.1, 0.15) is 64.6 Å². The first kappa shape index (κ1) is 20.6. The first-order valence-electron chi connectivity index (χ1n) is 13.7. The Morgan fingerprint density at radius 3 is 2.47 bits per heavy atom. The number of nitrogens with zero attached hydrogens (tertiary/aromatic N) is 3. The van der Waals surface area contributed by atoms with Crippen molar-refractivity contribution in [2.24, 2.45) is 0 Å². The van der Waals surface area contributed by atoms with Gasteiger partial charge in [-0.25, -0.2) is 4.58 Å². The number of ether oxygens (including phenoxy) is 1. The third-order valence-corrected chi connectivity index (χ3v) is 9.00. The van der Waals surface area contributed by atoms with Crippen molar-refractivity contribution in [3.05, 3.63) is 85.9 Å². The Bertz CT molecular complexity index is 1640. The molecule has 0 fully saturated rings. The molecule has 3 aromatic rings. The molecular weight excluding hydrogens is 442 g/mol. The van der Waals surface area contributed by atoms with Crippen LogP contribution in [-0.4, -0.2) is 26.2 Å². The molecule has 4 nitrogen and oxygen atoms in total. The van der Waals surface area contributed by atoms with Crippen molar-refractivity contribution in [2.45, 2.75) is 51.4 Å². The van der Waals surface area contributed by atoms with E-state index in [0.29, 0.717) is 0 Å². The van der Waals surface area contributed by atoms with Gasteiger partial charge in [0.2, 0.25) is 5.36 Å². The Kier molecular flexibility index (Phi) is 4.41. The highest BCUT2D eigenvalue weighted by atomic mass is 16.5.